The molecular weight excluding hydrogens is 358 g/mol. The first kappa shape index (κ1) is 20.3. The summed E-state index contributed by atoms with van der Waals surface area (Å²) in [6.07, 6.45) is 1.67. The molecule has 1 amide bonds. The van der Waals surface area contributed by atoms with Crippen LogP contribution in [0.2, 0.25) is 0 Å². The lowest BCUT2D eigenvalue weighted by Gasteiger charge is -2.28. The zero-order chi connectivity index (χ0) is 19.2. The van der Waals surface area contributed by atoms with E-state index in [1.165, 1.54) is 18.2 Å². The molecule has 0 aliphatic carbocycles. The maximum Gasteiger partial charge on any atom is 0.304 e. The molecule has 4 N–H and O–H groups in total. The molecule has 2 rings (SSSR count). The summed E-state index contributed by atoms with van der Waals surface area (Å²) in [5.74, 6) is -1.02. The summed E-state index contributed by atoms with van der Waals surface area (Å²) in [7, 11) is -3.86. The number of nitrogens with one attached hydrogen (secondary N) is 3. The van der Waals surface area contributed by atoms with Crippen molar-refractivity contribution in [3.63, 3.8) is 0 Å². The Morgan fingerprint density at radius 2 is 2.00 bits per heavy atom. The first-order valence-electron chi connectivity index (χ1n) is 8.62. The van der Waals surface area contributed by atoms with Gasteiger partial charge >= 0.3 is 5.97 Å². The Labute approximate surface area is 153 Å². The molecule has 1 heterocycles. The van der Waals surface area contributed by atoms with Gasteiger partial charge in [0, 0.05) is 18.2 Å². The highest BCUT2D eigenvalue weighted by Crippen LogP contribution is 2.17. The van der Waals surface area contributed by atoms with Crippen LogP contribution in [0.25, 0.3) is 0 Å². The molecule has 0 saturated carbocycles. The van der Waals surface area contributed by atoms with Crippen LogP contribution in [0.15, 0.2) is 29.2 Å². The van der Waals surface area contributed by atoms with Gasteiger partial charge in [-0.05, 0) is 57.0 Å². The van der Waals surface area contributed by atoms with Crippen LogP contribution in [-0.2, 0) is 14.8 Å². The molecule has 1 aromatic carbocycles. The third kappa shape index (κ3) is 5.79. The zero-order valence-electron chi connectivity index (χ0n) is 14.7. The lowest BCUT2D eigenvalue weighted by atomic mass is 9.91. The average Bonchev–Trinajstić information content (AvgIpc) is 2.62. The van der Waals surface area contributed by atoms with Crippen molar-refractivity contribution in [1.82, 2.24) is 15.4 Å². The van der Waals surface area contributed by atoms with Crippen LogP contribution in [0.1, 0.15) is 36.5 Å². The van der Waals surface area contributed by atoms with Crippen molar-refractivity contribution in [2.45, 2.75) is 37.1 Å². The molecule has 1 aliphatic rings. The Morgan fingerprint density at radius 3 is 2.65 bits per heavy atom. The number of piperidine rings is 1. The SMILES string of the molecule is CC(NC(=O)c1cccc(S(=O)(=O)NCCC(=O)O)c1)C1CCNCC1. The fourth-order valence-electron chi connectivity index (χ4n) is 2.93. The van der Waals surface area contributed by atoms with Crippen molar-refractivity contribution in [3.05, 3.63) is 29.8 Å². The summed E-state index contributed by atoms with van der Waals surface area (Å²) < 4.78 is 26.6. The van der Waals surface area contributed by atoms with Crippen LogP contribution >= 0.6 is 0 Å². The number of carbonyl (C=O) groups excluding carboxylic acids is 1. The number of rotatable bonds is 8. The summed E-state index contributed by atoms with van der Waals surface area (Å²) in [6.45, 7) is 3.62. The van der Waals surface area contributed by atoms with Gasteiger partial charge in [0.15, 0.2) is 0 Å². The van der Waals surface area contributed by atoms with Crippen LogP contribution in [0.3, 0.4) is 0 Å². The van der Waals surface area contributed by atoms with Gasteiger partial charge in [-0.15, -0.1) is 0 Å². The Morgan fingerprint density at radius 1 is 1.31 bits per heavy atom. The van der Waals surface area contributed by atoms with Crippen LogP contribution in [0, 0.1) is 5.92 Å². The quantitative estimate of drug-likeness (QED) is 0.520. The minimum Gasteiger partial charge on any atom is -0.481 e. The molecule has 9 heteroatoms. The van der Waals surface area contributed by atoms with Gasteiger partial charge in [0.2, 0.25) is 10.0 Å². The maximum absolute atomic E-state index is 12.5. The van der Waals surface area contributed by atoms with E-state index in [9.17, 15) is 18.0 Å². The first-order chi connectivity index (χ1) is 12.3. The summed E-state index contributed by atoms with van der Waals surface area (Å²) >= 11 is 0. The second-order valence-corrected chi connectivity index (χ2v) is 8.19. The van der Waals surface area contributed by atoms with E-state index in [-0.39, 0.29) is 35.4 Å². The number of carbonyl (C=O) groups is 2. The van der Waals surface area contributed by atoms with Gasteiger partial charge in [-0.2, -0.15) is 0 Å². The van der Waals surface area contributed by atoms with E-state index in [1.54, 1.807) is 6.07 Å². The predicted octanol–water partition coefficient (Wildman–Crippen LogP) is 0.558. The number of carboxylic acid groups (broad SMARTS) is 1. The van der Waals surface area contributed by atoms with Gasteiger partial charge in [-0.3, -0.25) is 9.59 Å². The molecular formula is C17H25N3O5S. The van der Waals surface area contributed by atoms with E-state index >= 15 is 0 Å². The number of carboxylic acids is 1. The molecule has 1 fully saturated rings. The van der Waals surface area contributed by atoms with Crippen LogP contribution in [0.4, 0.5) is 0 Å². The predicted molar refractivity (Wildman–Crippen MR) is 96.4 cm³/mol. The second-order valence-electron chi connectivity index (χ2n) is 6.42. The second kappa shape index (κ2) is 9.11. The third-order valence-electron chi connectivity index (χ3n) is 4.49. The smallest absolute Gasteiger partial charge is 0.304 e. The Bertz CT molecular complexity index is 745. The summed E-state index contributed by atoms with van der Waals surface area (Å²) in [5, 5.41) is 14.8. The lowest BCUT2D eigenvalue weighted by molar-refractivity contribution is -0.136. The standard InChI is InChI=1S/C17H25N3O5S/c1-12(13-5-8-18-9-6-13)20-17(23)14-3-2-4-15(11-14)26(24,25)19-10-7-16(21)22/h2-4,11-13,18-19H,5-10H2,1H3,(H,20,23)(H,21,22). The molecule has 1 aliphatic heterocycles. The third-order valence-corrected chi connectivity index (χ3v) is 5.95. The summed E-state index contributed by atoms with van der Waals surface area (Å²) in [4.78, 5) is 22.9. The van der Waals surface area contributed by atoms with E-state index < -0.39 is 16.0 Å². The fourth-order valence-corrected chi connectivity index (χ4v) is 4.01. The van der Waals surface area contributed by atoms with Crippen LogP contribution in [-0.4, -0.2) is 51.1 Å². The van der Waals surface area contributed by atoms with Crippen LogP contribution < -0.4 is 15.4 Å². The van der Waals surface area contributed by atoms with Gasteiger partial charge in [0.25, 0.3) is 5.91 Å². The van der Waals surface area contributed by atoms with Gasteiger partial charge in [-0.1, -0.05) is 6.07 Å². The lowest BCUT2D eigenvalue weighted by Crippen LogP contribution is -2.42. The van der Waals surface area contributed by atoms with Gasteiger partial charge in [0.1, 0.15) is 0 Å². The fraction of sp³-hybridized carbons (Fsp3) is 0.529. The van der Waals surface area contributed by atoms with Crippen molar-refractivity contribution >= 4 is 21.9 Å². The largest absolute Gasteiger partial charge is 0.481 e. The zero-order valence-corrected chi connectivity index (χ0v) is 15.5. The average molecular weight is 383 g/mol. The Hall–Kier alpha value is -1.97. The molecule has 1 atom stereocenters. The highest BCUT2D eigenvalue weighted by Gasteiger charge is 2.22. The number of sulfonamides is 1. The first-order valence-corrected chi connectivity index (χ1v) is 10.1. The summed E-state index contributed by atoms with van der Waals surface area (Å²) in [6, 6.07) is 5.72. The molecule has 0 aromatic heterocycles. The minimum absolute atomic E-state index is 0.00134. The molecule has 8 nitrogen and oxygen atoms in total. The summed E-state index contributed by atoms with van der Waals surface area (Å²) in [5.41, 5.74) is 0.256. The number of hydrogen-bond acceptors (Lipinski definition) is 5. The maximum atomic E-state index is 12.5. The van der Waals surface area contributed by atoms with E-state index in [0.717, 1.165) is 25.9 Å². The normalized spacial score (nSPS) is 16.8. The van der Waals surface area contributed by atoms with Gasteiger partial charge in [0.05, 0.1) is 11.3 Å². The number of hydrogen-bond donors (Lipinski definition) is 4. The molecule has 1 saturated heterocycles. The van der Waals surface area contributed by atoms with Crippen molar-refractivity contribution in [3.8, 4) is 0 Å². The number of aliphatic carboxylic acids is 1. The number of amides is 1. The molecule has 1 unspecified atom stereocenters. The van der Waals surface area contributed by atoms with Gasteiger partial charge in [-0.25, -0.2) is 13.1 Å². The molecule has 0 radical (unpaired) electrons. The van der Waals surface area contributed by atoms with E-state index in [2.05, 4.69) is 15.4 Å². The highest BCUT2D eigenvalue weighted by atomic mass is 32.2. The topological polar surface area (TPSA) is 125 Å². The molecule has 0 spiro atoms. The van der Waals surface area contributed by atoms with Crippen molar-refractivity contribution in [2.75, 3.05) is 19.6 Å². The van der Waals surface area contributed by atoms with E-state index in [1.807, 2.05) is 6.92 Å². The van der Waals surface area contributed by atoms with Gasteiger partial charge < -0.3 is 15.7 Å². The number of benzene rings is 1. The molecule has 1 aromatic rings. The molecule has 26 heavy (non-hydrogen) atoms. The van der Waals surface area contributed by atoms with E-state index in [0.29, 0.717) is 5.92 Å². The molecule has 0 bridgehead atoms. The minimum atomic E-state index is -3.86. The van der Waals surface area contributed by atoms with Crippen LogP contribution in [0.5, 0.6) is 0 Å². The van der Waals surface area contributed by atoms with Crippen molar-refractivity contribution in [2.24, 2.45) is 5.92 Å². The van der Waals surface area contributed by atoms with E-state index in [4.69, 9.17) is 5.11 Å². The van der Waals surface area contributed by atoms with Crippen molar-refractivity contribution < 1.29 is 23.1 Å². The van der Waals surface area contributed by atoms with Crippen molar-refractivity contribution in [1.29, 1.82) is 0 Å². The monoisotopic (exact) mass is 383 g/mol. The highest BCUT2D eigenvalue weighted by molar-refractivity contribution is 7.89. The Balaban J connectivity index is 2.02. The molecule has 144 valence electrons. The Kier molecular flexibility index (Phi) is 7.13.